The highest BCUT2D eigenvalue weighted by molar-refractivity contribution is 6.00. The summed E-state index contributed by atoms with van der Waals surface area (Å²) in [6, 6.07) is 13.8. The van der Waals surface area contributed by atoms with Gasteiger partial charge in [0, 0.05) is 24.5 Å². The van der Waals surface area contributed by atoms with Crippen LogP contribution in [0.1, 0.15) is 40.6 Å². The Morgan fingerprint density at radius 2 is 2.11 bits per heavy atom. The van der Waals surface area contributed by atoms with Crippen LogP contribution in [-0.2, 0) is 0 Å². The van der Waals surface area contributed by atoms with E-state index in [1.165, 1.54) is 5.56 Å². The monoisotopic (exact) mass is 371 g/mol. The number of imidazole rings is 2. The minimum atomic E-state index is -0.0372. The molecule has 5 rings (SSSR count). The predicted octanol–water partition coefficient (Wildman–Crippen LogP) is 4.24. The Balaban J connectivity index is 1.51. The van der Waals surface area contributed by atoms with Crippen molar-refractivity contribution in [3.63, 3.8) is 0 Å². The van der Waals surface area contributed by atoms with E-state index in [0.29, 0.717) is 11.4 Å². The van der Waals surface area contributed by atoms with E-state index in [-0.39, 0.29) is 11.9 Å². The van der Waals surface area contributed by atoms with Gasteiger partial charge in [0.15, 0.2) is 0 Å². The van der Waals surface area contributed by atoms with Gasteiger partial charge in [-0.25, -0.2) is 9.97 Å². The van der Waals surface area contributed by atoms with Gasteiger partial charge >= 0.3 is 0 Å². The molecular weight excluding hydrogens is 350 g/mol. The molecule has 1 fully saturated rings. The van der Waals surface area contributed by atoms with E-state index in [2.05, 4.69) is 34.0 Å². The smallest absolute Gasteiger partial charge is 0.255 e. The highest BCUT2D eigenvalue weighted by Crippen LogP contribution is 2.34. The number of H-pyrrole nitrogens is 2. The van der Waals surface area contributed by atoms with Crippen molar-refractivity contribution in [3.8, 4) is 11.4 Å². The minimum absolute atomic E-state index is 0.0196. The second-order valence-corrected chi connectivity index (χ2v) is 7.28. The van der Waals surface area contributed by atoms with Gasteiger partial charge in [-0.3, -0.25) is 4.79 Å². The van der Waals surface area contributed by atoms with Gasteiger partial charge in [0.1, 0.15) is 11.6 Å². The summed E-state index contributed by atoms with van der Waals surface area (Å²) in [4.78, 5) is 31.0. The number of likely N-dealkylation sites (tertiary alicyclic amines) is 1. The lowest BCUT2D eigenvalue weighted by Crippen LogP contribution is -2.31. The zero-order valence-electron chi connectivity index (χ0n) is 15.6. The van der Waals surface area contributed by atoms with Gasteiger partial charge in [0.2, 0.25) is 0 Å². The van der Waals surface area contributed by atoms with Gasteiger partial charge in [0.05, 0.1) is 22.6 Å². The second-order valence-electron chi connectivity index (χ2n) is 7.28. The maximum absolute atomic E-state index is 13.5. The number of carbonyl (C=O) groups excluding carboxylic acids is 1. The van der Waals surface area contributed by atoms with E-state index in [4.69, 9.17) is 4.98 Å². The molecule has 0 radical (unpaired) electrons. The third-order valence-corrected chi connectivity index (χ3v) is 5.40. The first-order valence-corrected chi connectivity index (χ1v) is 9.57. The van der Waals surface area contributed by atoms with Crippen molar-refractivity contribution in [2.75, 3.05) is 6.54 Å². The van der Waals surface area contributed by atoms with E-state index in [0.717, 1.165) is 41.8 Å². The Morgan fingerprint density at radius 1 is 1.21 bits per heavy atom. The molecule has 1 amide bonds. The van der Waals surface area contributed by atoms with Gasteiger partial charge in [-0.1, -0.05) is 24.3 Å². The van der Waals surface area contributed by atoms with Crippen molar-refractivity contribution < 1.29 is 4.79 Å². The molecule has 2 N–H and O–H groups in total. The summed E-state index contributed by atoms with van der Waals surface area (Å²) in [5.74, 6) is 1.59. The maximum atomic E-state index is 13.5. The zero-order chi connectivity index (χ0) is 19.1. The molecule has 0 saturated carbocycles. The average molecular weight is 371 g/mol. The Bertz CT molecular complexity index is 1140. The topological polar surface area (TPSA) is 77.7 Å². The van der Waals surface area contributed by atoms with Crippen molar-refractivity contribution in [1.82, 2.24) is 24.8 Å². The normalized spacial score (nSPS) is 16.8. The van der Waals surface area contributed by atoms with Crippen molar-refractivity contribution in [2.24, 2.45) is 0 Å². The second kappa shape index (κ2) is 6.64. The Labute approximate surface area is 162 Å². The van der Waals surface area contributed by atoms with Crippen LogP contribution >= 0.6 is 0 Å². The number of rotatable bonds is 3. The first-order valence-electron chi connectivity index (χ1n) is 9.57. The number of benzene rings is 2. The van der Waals surface area contributed by atoms with Gasteiger partial charge in [-0.15, -0.1) is 0 Å². The molecule has 1 saturated heterocycles. The summed E-state index contributed by atoms with van der Waals surface area (Å²) in [6.07, 6.45) is 5.35. The highest BCUT2D eigenvalue weighted by Gasteiger charge is 2.33. The van der Waals surface area contributed by atoms with Crippen LogP contribution in [0.4, 0.5) is 0 Å². The molecule has 2 aromatic carbocycles. The molecule has 4 aromatic rings. The molecule has 1 atom stereocenters. The molecule has 1 aliphatic rings. The molecule has 28 heavy (non-hydrogen) atoms. The van der Waals surface area contributed by atoms with Crippen LogP contribution < -0.4 is 0 Å². The molecule has 1 aliphatic heterocycles. The quantitative estimate of drug-likeness (QED) is 0.565. The van der Waals surface area contributed by atoms with E-state index >= 15 is 0 Å². The standard InChI is InChI=1S/C22H21N5O/c1-14-8-9-17-18(13-14)26-21(25-17)19-7-4-12-27(19)22(28)16-6-3-2-5-15(16)20-23-10-11-24-20/h2-3,5-6,8-11,13,19H,4,7,12H2,1H3,(H,23,24)(H,25,26)/t19-/m1/s1. The van der Waals surface area contributed by atoms with E-state index in [1.807, 2.05) is 35.2 Å². The average Bonchev–Trinajstić information content (AvgIpc) is 3.46. The number of nitrogens with one attached hydrogen (secondary N) is 2. The van der Waals surface area contributed by atoms with Gasteiger partial charge in [0.25, 0.3) is 5.91 Å². The van der Waals surface area contributed by atoms with Crippen LogP contribution in [-0.4, -0.2) is 37.3 Å². The lowest BCUT2D eigenvalue weighted by Gasteiger charge is -2.24. The maximum Gasteiger partial charge on any atom is 0.255 e. The molecule has 0 aliphatic carbocycles. The summed E-state index contributed by atoms with van der Waals surface area (Å²) in [5, 5.41) is 0. The number of hydrogen-bond acceptors (Lipinski definition) is 3. The number of aryl methyl sites for hydroxylation is 1. The molecule has 3 heterocycles. The molecule has 140 valence electrons. The third kappa shape index (κ3) is 2.78. The molecular formula is C22H21N5O. The summed E-state index contributed by atoms with van der Waals surface area (Å²) >= 11 is 0. The summed E-state index contributed by atoms with van der Waals surface area (Å²) < 4.78 is 0. The Kier molecular flexibility index (Phi) is 3.97. The van der Waals surface area contributed by atoms with E-state index < -0.39 is 0 Å². The fourth-order valence-corrected chi connectivity index (χ4v) is 4.04. The van der Waals surface area contributed by atoms with Crippen molar-refractivity contribution >= 4 is 16.9 Å². The van der Waals surface area contributed by atoms with Crippen LogP contribution in [0.5, 0.6) is 0 Å². The van der Waals surface area contributed by atoms with Crippen LogP contribution in [0, 0.1) is 6.92 Å². The van der Waals surface area contributed by atoms with Crippen LogP contribution in [0.3, 0.4) is 0 Å². The molecule has 6 nitrogen and oxygen atoms in total. The number of fused-ring (bicyclic) bond motifs is 1. The number of aromatic nitrogens is 4. The molecule has 2 aromatic heterocycles. The summed E-state index contributed by atoms with van der Waals surface area (Å²) in [7, 11) is 0. The lowest BCUT2D eigenvalue weighted by molar-refractivity contribution is 0.0731. The Hall–Kier alpha value is -3.41. The fraction of sp³-hybridized carbons (Fsp3) is 0.227. The van der Waals surface area contributed by atoms with E-state index in [9.17, 15) is 4.79 Å². The van der Waals surface area contributed by atoms with Crippen molar-refractivity contribution in [1.29, 1.82) is 0 Å². The first kappa shape index (κ1) is 16.7. The first-order chi connectivity index (χ1) is 13.7. The minimum Gasteiger partial charge on any atom is -0.345 e. The van der Waals surface area contributed by atoms with Gasteiger partial charge in [-0.2, -0.15) is 0 Å². The van der Waals surface area contributed by atoms with E-state index in [1.54, 1.807) is 12.4 Å². The predicted molar refractivity (Wildman–Crippen MR) is 108 cm³/mol. The largest absolute Gasteiger partial charge is 0.345 e. The summed E-state index contributed by atoms with van der Waals surface area (Å²) in [5.41, 5.74) is 4.63. The SMILES string of the molecule is Cc1ccc2nc([C@H]3CCCN3C(=O)c3ccccc3-c3ncc[nH]3)[nH]c2c1. The number of hydrogen-bond donors (Lipinski definition) is 2. The molecule has 0 unspecified atom stereocenters. The van der Waals surface area contributed by atoms with Gasteiger partial charge in [-0.05, 0) is 43.5 Å². The van der Waals surface area contributed by atoms with Crippen molar-refractivity contribution in [2.45, 2.75) is 25.8 Å². The number of amides is 1. The molecule has 0 bridgehead atoms. The zero-order valence-corrected chi connectivity index (χ0v) is 15.6. The van der Waals surface area contributed by atoms with Crippen LogP contribution in [0.25, 0.3) is 22.4 Å². The van der Waals surface area contributed by atoms with Crippen LogP contribution in [0.2, 0.25) is 0 Å². The molecule has 0 spiro atoms. The van der Waals surface area contributed by atoms with Crippen LogP contribution in [0.15, 0.2) is 54.9 Å². The third-order valence-electron chi connectivity index (χ3n) is 5.40. The fourth-order valence-electron chi connectivity index (χ4n) is 4.04. The summed E-state index contributed by atoms with van der Waals surface area (Å²) in [6.45, 7) is 2.79. The number of nitrogens with zero attached hydrogens (tertiary/aromatic N) is 3. The highest BCUT2D eigenvalue weighted by atomic mass is 16.2. The number of carbonyl (C=O) groups is 1. The van der Waals surface area contributed by atoms with Crippen molar-refractivity contribution in [3.05, 3.63) is 71.8 Å². The lowest BCUT2D eigenvalue weighted by atomic mass is 10.1. The Morgan fingerprint density at radius 3 is 2.96 bits per heavy atom. The number of aromatic amines is 2. The van der Waals surface area contributed by atoms with Gasteiger partial charge < -0.3 is 14.9 Å². The molecule has 6 heteroatoms.